The molecule has 12 heavy (non-hydrogen) atoms. The topological polar surface area (TPSA) is 36.7 Å². The van der Waals surface area contributed by atoms with Crippen LogP contribution in [0.4, 0.5) is 0 Å². The lowest BCUT2D eigenvalue weighted by molar-refractivity contribution is 0.956. The molecule has 0 radical (unpaired) electrons. The maximum Gasteiger partial charge on any atom is 0.140 e. The van der Waals surface area contributed by atoms with E-state index in [0.717, 1.165) is 18.5 Å². The number of pyridine rings is 1. The van der Waals surface area contributed by atoms with Gasteiger partial charge in [-0.3, -0.25) is 0 Å². The zero-order valence-corrected chi connectivity index (χ0v) is 7.46. The molecule has 0 fully saturated rings. The predicted molar refractivity (Wildman–Crippen MR) is 47.7 cm³/mol. The molecule has 0 saturated carbocycles. The number of hydrogen-bond acceptors (Lipinski definition) is 2. The fourth-order valence-electron chi connectivity index (χ4n) is 1.22. The second-order valence-corrected chi connectivity index (χ2v) is 2.62. The Morgan fingerprint density at radius 3 is 2.58 bits per heavy atom. The molecular weight excluding hydrogens is 148 g/mol. The average molecular weight is 160 g/mol. The number of nitriles is 1. The van der Waals surface area contributed by atoms with E-state index in [1.165, 1.54) is 5.56 Å². The van der Waals surface area contributed by atoms with Gasteiger partial charge in [-0.25, -0.2) is 4.98 Å². The molecule has 1 rings (SSSR count). The zero-order valence-electron chi connectivity index (χ0n) is 7.46. The van der Waals surface area contributed by atoms with Gasteiger partial charge in [-0.15, -0.1) is 0 Å². The number of nitrogens with zero attached hydrogens (tertiary/aromatic N) is 2. The molecule has 0 spiro atoms. The van der Waals surface area contributed by atoms with Crippen LogP contribution in [0.1, 0.15) is 30.8 Å². The van der Waals surface area contributed by atoms with E-state index < -0.39 is 0 Å². The highest BCUT2D eigenvalue weighted by atomic mass is 14.7. The van der Waals surface area contributed by atoms with Crippen molar-refractivity contribution in [1.82, 2.24) is 4.98 Å². The summed E-state index contributed by atoms with van der Waals surface area (Å²) >= 11 is 0. The predicted octanol–water partition coefficient (Wildman–Crippen LogP) is 2.08. The molecule has 62 valence electrons. The maximum absolute atomic E-state index is 8.61. The second kappa shape index (κ2) is 3.87. The largest absolute Gasteiger partial charge is 0.242 e. The summed E-state index contributed by atoms with van der Waals surface area (Å²) in [6, 6.07) is 5.81. The Labute approximate surface area is 72.9 Å². The van der Waals surface area contributed by atoms with Gasteiger partial charge in [-0.1, -0.05) is 19.9 Å². The van der Waals surface area contributed by atoms with Crippen molar-refractivity contribution in [3.05, 3.63) is 29.1 Å². The molecule has 0 saturated heterocycles. The molecule has 0 amide bonds. The van der Waals surface area contributed by atoms with Crippen LogP contribution in [-0.2, 0) is 12.8 Å². The van der Waals surface area contributed by atoms with Crippen LogP contribution in [0.15, 0.2) is 12.1 Å². The lowest BCUT2D eigenvalue weighted by atomic mass is 10.1. The summed E-state index contributed by atoms with van der Waals surface area (Å²) in [6.45, 7) is 4.16. The van der Waals surface area contributed by atoms with Crippen molar-refractivity contribution in [3.63, 3.8) is 0 Å². The van der Waals surface area contributed by atoms with Crippen molar-refractivity contribution in [2.75, 3.05) is 0 Å². The van der Waals surface area contributed by atoms with Crippen molar-refractivity contribution >= 4 is 0 Å². The Bertz CT molecular complexity index is 310. The molecule has 2 heteroatoms. The van der Waals surface area contributed by atoms with Crippen molar-refractivity contribution in [3.8, 4) is 6.07 Å². The van der Waals surface area contributed by atoms with Crippen LogP contribution in [0.25, 0.3) is 0 Å². The van der Waals surface area contributed by atoms with Gasteiger partial charge in [0.15, 0.2) is 0 Å². The third-order valence-electron chi connectivity index (χ3n) is 1.90. The van der Waals surface area contributed by atoms with Crippen molar-refractivity contribution in [2.24, 2.45) is 0 Å². The van der Waals surface area contributed by atoms with Gasteiger partial charge in [0, 0.05) is 5.69 Å². The Hall–Kier alpha value is -1.36. The molecule has 0 bridgehead atoms. The smallest absolute Gasteiger partial charge is 0.140 e. The minimum Gasteiger partial charge on any atom is -0.242 e. The van der Waals surface area contributed by atoms with Crippen LogP contribution in [0.3, 0.4) is 0 Å². The summed E-state index contributed by atoms with van der Waals surface area (Å²) < 4.78 is 0. The summed E-state index contributed by atoms with van der Waals surface area (Å²) in [5.41, 5.74) is 2.82. The average Bonchev–Trinajstić information content (AvgIpc) is 2.16. The van der Waals surface area contributed by atoms with Gasteiger partial charge < -0.3 is 0 Å². The molecule has 0 unspecified atom stereocenters. The van der Waals surface area contributed by atoms with Crippen molar-refractivity contribution < 1.29 is 0 Å². The van der Waals surface area contributed by atoms with Crippen LogP contribution in [0.5, 0.6) is 0 Å². The quantitative estimate of drug-likeness (QED) is 0.664. The minimum absolute atomic E-state index is 0.518. The first-order chi connectivity index (χ1) is 5.81. The molecule has 2 nitrogen and oxygen atoms in total. The molecule has 0 atom stereocenters. The third-order valence-corrected chi connectivity index (χ3v) is 1.90. The van der Waals surface area contributed by atoms with Gasteiger partial charge in [0.05, 0.1) is 0 Å². The normalized spacial score (nSPS) is 9.42. The van der Waals surface area contributed by atoms with Crippen molar-refractivity contribution in [2.45, 2.75) is 26.7 Å². The Morgan fingerprint density at radius 1 is 1.33 bits per heavy atom. The summed E-state index contributed by atoms with van der Waals surface area (Å²) in [5, 5.41) is 8.61. The lowest BCUT2D eigenvalue weighted by Gasteiger charge is -2.03. The van der Waals surface area contributed by atoms with E-state index in [9.17, 15) is 0 Å². The van der Waals surface area contributed by atoms with E-state index in [2.05, 4.69) is 18.8 Å². The number of aromatic nitrogens is 1. The van der Waals surface area contributed by atoms with Crippen LogP contribution >= 0.6 is 0 Å². The third kappa shape index (κ3) is 1.62. The zero-order chi connectivity index (χ0) is 8.97. The van der Waals surface area contributed by atoms with Gasteiger partial charge in [0.1, 0.15) is 11.8 Å². The molecule has 0 aromatic carbocycles. The fraction of sp³-hybridized carbons (Fsp3) is 0.400. The second-order valence-electron chi connectivity index (χ2n) is 2.62. The molecule has 0 aliphatic heterocycles. The fourth-order valence-corrected chi connectivity index (χ4v) is 1.22. The summed E-state index contributed by atoms with van der Waals surface area (Å²) in [7, 11) is 0. The highest BCUT2D eigenvalue weighted by Gasteiger charge is 2.00. The van der Waals surface area contributed by atoms with E-state index in [-0.39, 0.29) is 0 Å². The van der Waals surface area contributed by atoms with Gasteiger partial charge in [-0.2, -0.15) is 5.26 Å². The van der Waals surface area contributed by atoms with E-state index in [1.54, 1.807) is 6.07 Å². The molecular formula is C10H12N2. The van der Waals surface area contributed by atoms with Crippen LogP contribution in [-0.4, -0.2) is 4.98 Å². The standard InChI is InChI=1S/C10H12N2/c1-3-8-5-6-9(7-11)12-10(8)4-2/h5-6H,3-4H2,1-2H3. The molecule has 1 aromatic heterocycles. The molecule has 0 aliphatic carbocycles. The summed E-state index contributed by atoms with van der Waals surface area (Å²) in [4.78, 5) is 4.22. The van der Waals surface area contributed by atoms with Crippen LogP contribution in [0.2, 0.25) is 0 Å². The lowest BCUT2D eigenvalue weighted by Crippen LogP contribution is -1.96. The first-order valence-electron chi connectivity index (χ1n) is 4.20. The number of aryl methyl sites for hydroxylation is 2. The molecule has 1 aromatic rings. The number of rotatable bonds is 2. The van der Waals surface area contributed by atoms with Gasteiger partial charge in [0.2, 0.25) is 0 Å². The first-order valence-corrected chi connectivity index (χ1v) is 4.20. The Balaban J connectivity index is 3.13. The van der Waals surface area contributed by atoms with E-state index >= 15 is 0 Å². The molecule has 0 N–H and O–H groups in total. The van der Waals surface area contributed by atoms with E-state index in [0.29, 0.717) is 5.69 Å². The number of hydrogen-bond donors (Lipinski definition) is 0. The van der Waals surface area contributed by atoms with E-state index in [1.807, 2.05) is 12.1 Å². The highest BCUT2D eigenvalue weighted by molar-refractivity contribution is 5.28. The first kappa shape index (κ1) is 8.73. The highest BCUT2D eigenvalue weighted by Crippen LogP contribution is 2.08. The Morgan fingerprint density at radius 2 is 2.08 bits per heavy atom. The van der Waals surface area contributed by atoms with Gasteiger partial charge in [0.25, 0.3) is 0 Å². The monoisotopic (exact) mass is 160 g/mol. The summed E-state index contributed by atoms with van der Waals surface area (Å²) in [6.07, 6.45) is 1.89. The molecule has 0 aliphatic rings. The molecule has 1 heterocycles. The van der Waals surface area contributed by atoms with Gasteiger partial charge in [-0.05, 0) is 24.5 Å². The van der Waals surface area contributed by atoms with E-state index in [4.69, 9.17) is 5.26 Å². The minimum atomic E-state index is 0.518. The van der Waals surface area contributed by atoms with Crippen LogP contribution < -0.4 is 0 Å². The van der Waals surface area contributed by atoms with Crippen molar-refractivity contribution in [1.29, 1.82) is 5.26 Å². The summed E-state index contributed by atoms with van der Waals surface area (Å²) in [5.74, 6) is 0. The Kier molecular flexibility index (Phi) is 2.82. The van der Waals surface area contributed by atoms with Gasteiger partial charge >= 0.3 is 0 Å². The SMILES string of the molecule is CCc1ccc(C#N)nc1CC. The van der Waals surface area contributed by atoms with Crippen LogP contribution in [0, 0.1) is 11.3 Å². The maximum atomic E-state index is 8.61.